The van der Waals surface area contributed by atoms with Crippen LogP contribution in [0.4, 0.5) is 0 Å². The van der Waals surface area contributed by atoms with E-state index in [9.17, 15) is 4.79 Å². The number of nitrogens with zero attached hydrogens (tertiary/aromatic N) is 3. The average Bonchev–Trinajstić information content (AvgIpc) is 3.10. The Bertz CT molecular complexity index is 741. The number of thioether (sulfide) groups is 1. The molecule has 1 fully saturated rings. The lowest BCUT2D eigenvalue weighted by Crippen LogP contribution is -2.37. The van der Waals surface area contributed by atoms with Crippen molar-refractivity contribution in [3.63, 3.8) is 0 Å². The Morgan fingerprint density at radius 2 is 2.12 bits per heavy atom. The van der Waals surface area contributed by atoms with Gasteiger partial charge in [0, 0.05) is 18.2 Å². The van der Waals surface area contributed by atoms with Crippen LogP contribution in [0, 0.1) is 0 Å². The number of carbonyl (C=O) groups is 1. The Hall–Kier alpha value is -2.02. The van der Waals surface area contributed by atoms with Crippen LogP contribution in [0.25, 0.3) is 11.4 Å². The van der Waals surface area contributed by atoms with Crippen LogP contribution in [0.3, 0.4) is 0 Å². The van der Waals surface area contributed by atoms with E-state index in [-0.39, 0.29) is 5.91 Å². The molecule has 3 rings (SSSR count). The van der Waals surface area contributed by atoms with Crippen molar-refractivity contribution in [2.24, 2.45) is 0 Å². The van der Waals surface area contributed by atoms with Crippen LogP contribution < -0.4 is 10.1 Å². The third-order valence-corrected chi connectivity index (χ3v) is 5.63. The summed E-state index contributed by atoms with van der Waals surface area (Å²) in [4.78, 5) is 12.2. The molecule has 6 nitrogen and oxygen atoms in total. The summed E-state index contributed by atoms with van der Waals surface area (Å²) in [5.41, 5.74) is 0.956. The zero-order chi connectivity index (χ0) is 18.4. The molecule has 1 saturated carbocycles. The van der Waals surface area contributed by atoms with E-state index in [4.69, 9.17) is 4.74 Å². The highest BCUT2D eigenvalue weighted by Gasteiger charge is 2.18. The van der Waals surface area contributed by atoms with Gasteiger partial charge in [0.15, 0.2) is 11.0 Å². The normalized spacial score (nSPS) is 15.0. The van der Waals surface area contributed by atoms with Gasteiger partial charge >= 0.3 is 0 Å². The highest BCUT2D eigenvalue weighted by Crippen LogP contribution is 2.26. The molecule has 1 aromatic carbocycles. The maximum Gasteiger partial charge on any atom is 0.230 e. The molecule has 0 spiro atoms. The molecule has 0 saturated heterocycles. The Morgan fingerprint density at radius 3 is 2.85 bits per heavy atom. The first-order chi connectivity index (χ1) is 12.7. The molecule has 0 unspecified atom stereocenters. The van der Waals surface area contributed by atoms with Crippen molar-refractivity contribution in [1.29, 1.82) is 0 Å². The molecule has 7 heteroatoms. The minimum atomic E-state index is 0.0792. The summed E-state index contributed by atoms with van der Waals surface area (Å²) in [7, 11) is 1.65. The van der Waals surface area contributed by atoms with Crippen molar-refractivity contribution < 1.29 is 9.53 Å². The third kappa shape index (κ3) is 4.58. The number of carbonyl (C=O) groups excluding carboxylic acids is 1. The summed E-state index contributed by atoms with van der Waals surface area (Å²) in [6, 6.07) is 8.12. The number of rotatable bonds is 7. The Labute approximate surface area is 158 Å². The minimum absolute atomic E-state index is 0.0792. The number of amides is 1. The fourth-order valence-corrected chi connectivity index (χ4v) is 4.12. The zero-order valence-electron chi connectivity index (χ0n) is 15.4. The van der Waals surface area contributed by atoms with Crippen LogP contribution in [0.5, 0.6) is 5.75 Å². The van der Waals surface area contributed by atoms with Crippen LogP contribution in [-0.4, -0.2) is 39.6 Å². The molecule has 1 N–H and O–H groups in total. The summed E-state index contributed by atoms with van der Waals surface area (Å²) in [6.07, 6.45) is 5.91. The van der Waals surface area contributed by atoms with Crippen molar-refractivity contribution in [3.05, 3.63) is 24.3 Å². The second-order valence-electron chi connectivity index (χ2n) is 6.47. The van der Waals surface area contributed by atoms with Crippen molar-refractivity contribution in [1.82, 2.24) is 20.1 Å². The van der Waals surface area contributed by atoms with Gasteiger partial charge < -0.3 is 14.6 Å². The number of hydrogen-bond acceptors (Lipinski definition) is 5. The second-order valence-corrected chi connectivity index (χ2v) is 7.42. The summed E-state index contributed by atoms with van der Waals surface area (Å²) >= 11 is 1.44. The van der Waals surface area contributed by atoms with Gasteiger partial charge in [0.2, 0.25) is 5.91 Å². The first-order valence-corrected chi connectivity index (χ1v) is 10.2. The van der Waals surface area contributed by atoms with Crippen LogP contribution in [0.15, 0.2) is 29.4 Å². The van der Waals surface area contributed by atoms with Crippen LogP contribution >= 0.6 is 11.8 Å². The van der Waals surface area contributed by atoms with Gasteiger partial charge in [-0.2, -0.15) is 0 Å². The van der Waals surface area contributed by atoms with E-state index >= 15 is 0 Å². The number of methoxy groups -OCH3 is 1. The van der Waals surface area contributed by atoms with Gasteiger partial charge in [0.25, 0.3) is 0 Å². The summed E-state index contributed by atoms with van der Waals surface area (Å²) < 4.78 is 7.33. The molecule has 140 valence electrons. The van der Waals surface area contributed by atoms with E-state index in [1.54, 1.807) is 7.11 Å². The van der Waals surface area contributed by atoms with Gasteiger partial charge in [-0.25, -0.2) is 0 Å². The van der Waals surface area contributed by atoms with E-state index in [1.165, 1.54) is 31.0 Å². The molecular weight excluding hydrogens is 348 g/mol. The molecule has 0 bridgehead atoms. The Morgan fingerprint density at radius 1 is 1.31 bits per heavy atom. The van der Waals surface area contributed by atoms with Crippen molar-refractivity contribution in [2.75, 3.05) is 12.9 Å². The molecule has 1 aliphatic carbocycles. The molecule has 1 aliphatic rings. The van der Waals surface area contributed by atoms with Gasteiger partial charge in [-0.1, -0.05) is 43.2 Å². The molecule has 1 amide bonds. The average molecular weight is 375 g/mol. The van der Waals surface area contributed by atoms with Gasteiger partial charge in [-0.05, 0) is 31.9 Å². The lowest BCUT2D eigenvalue weighted by molar-refractivity contribution is -0.119. The Balaban J connectivity index is 1.65. The van der Waals surface area contributed by atoms with Gasteiger partial charge in [-0.3, -0.25) is 4.79 Å². The Kier molecular flexibility index (Phi) is 6.55. The molecule has 2 aromatic rings. The number of benzene rings is 1. The lowest BCUT2D eigenvalue weighted by Gasteiger charge is -2.22. The van der Waals surface area contributed by atoms with E-state index in [2.05, 4.69) is 22.4 Å². The van der Waals surface area contributed by atoms with Crippen molar-refractivity contribution in [3.8, 4) is 17.1 Å². The van der Waals surface area contributed by atoms with E-state index in [0.717, 1.165) is 41.7 Å². The molecule has 0 atom stereocenters. The van der Waals surface area contributed by atoms with Crippen LogP contribution in [-0.2, 0) is 11.3 Å². The fraction of sp³-hybridized carbons (Fsp3) is 0.526. The standard InChI is InChI=1S/C19H26N4O2S/c1-3-23-18(14-8-7-11-16(12-14)25-2)21-22-19(23)26-13-17(24)20-15-9-5-4-6-10-15/h7-8,11-12,15H,3-6,9-10,13H2,1-2H3,(H,20,24). The first-order valence-electron chi connectivity index (χ1n) is 9.21. The van der Waals surface area contributed by atoms with E-state index < -0.39 is 0 Å². The zero-order valence-corrected chi connectivity index (χ0v) is 16.2. The summed E-state index contributed by atoms with van der Waals surface area (Å²) in [5, 5.41) is 12.5. The maximum absolute atomic E-state index is 12.2. The highest BCUT2D eigenvalue weighted by molar-refractivity contribution is 7.99. The molecular formula is C19H26N4O2S. The monoisotopic (exact) mass is 374 g/mol. The predicted molar refractivity (Wildman–Crippen MR) is 103 cm³/mol. The highest BCUT2D eigenvalue weighted by atomic mass is 32.2. The molecule has 1 aromatic heterocycles. The maximum atomic E-state index is 12.2. The second kappa shape index (κ2) is 9.07. The SMILES string of the molecule is CCn1c(SCC(=O)NC2CCCCC2)nnc1-c1cccc(OC)c1. The molecule has 26 heavy (non-hydrogen) atoms. The summed E-state index contributed by atoms with van der Waals surface area (Å²) in [6.45, 7) is 2.80. The number of nitrogens with one attached hydrogen (secondary N) is 1. The molecule has 0 radical (unpaired) electrons. The number of ether oxygens (including phenoxy) is 1. The lowest BCUT2D eigenvalue weighted by atomic mass is 9.95. The molecule has 0 aliphatic heterocycles. The largest absolute Gasteiger partial charge is 0.497 e. The first kappa shape index (κ1) is 18.8. The number of hydrogen-bond donors (Lipinski definition) is 1. The minimum Gasteiger partial charge on any atom is -0.497 e. The fourth-order valence-electron chi connectivity index (χ4n) is 3.30. The van der Waals surface area contributed by atoms with Gasteiger partial charge in [-0.15, -0.1) is 10.2 Å². The van der Waals surface area contributed by atoms with Gasteiger partial charge in [0.05, 0.1) is 12.9 Å². The van der Waals surface area contributed by atoms with E-state index in [1.807, 2.05) is 28.8 Å². The third-order valence-electron chi connectivity index (χ3n) is 4.66. The van der Waals surface area contributed by atoms with E-state index in [0.29, 0.717) is 11.8 Å². The number of aromatic nitrogens is 3. The smallest absolute Gasteiger partial charge is 0.230 e. The quantitative estimate of drug-likeness (QED) is 0.751. The van der Waals surface area contributed by atoms with Gasteiger partial charge in [0.1, 0.15) is 5.75 Å². The summed E-state index contributed by atoms with van der Waals surface area (Å²) in [5.74, 6) is 2.03. The van der Waals surface area contributed by atoms with Crippen LogP contribution in [0.2, 0.25) is 0 Å². The van der Waals surface area contributed by atoms with Crippen LogP contribution in [0.1, 0.15) is 39.0 Å². The van der Waals surface area contributed by atoms with Crippen molar-refractivity contribution >= 4 is 17.7 Å². The predicted octanol–water partition coefficient (Wildman–Crippen LogP) is 3.51. The topological polar surface area (TPSA) is 69.0 Å². The van der Waals surface area contributed by atoms with Crippen molar-refractivity contribution in [2.45, 2.75) is 56.8 Å². The molecule has 1 heterocycles.